The minimum atomic E-state index is -0.572. The van der Waals surface area contributed by atoms with Crippen LogP contribution >= 0.6 is 0 Å². The number of para-hydroxylation sites is 1. The quantitative estimate of drug-likeness (QED) is 0.629. The number of ether oxygens (including phenoxy) is 2. The Morgan fingerprint density at radius 1 is 1.35 bits per heavy atom. The van der Waals surface area contributed by atoms with Crippen molar-refractivity contribution in [3.8, 4) is 5.75 Å². The molecule has 0 aliphatic carbocycles. The third kappa shape index (κ3) is 4.55. The van der Waals surface area contributed by atoms with Gasteiger partial charge in [-0.25, -0.2) is 10.2 Å². The van der Waals surface area contributed by atoms with Crippen LogP contribution in [-0.2, 0) is 4.74 Å². The number of nitrogens with one attached hydrogen (secondary N) is 1. The molecule has 0 saturated carbocycles. The predicted octanol–water partition coefficient (Wildman–Crippen LogP) is 2.17. The number of benzene rings is 1. The molecule has 5 nitrogen and oxygen atoms in total. The van der Waals surface area contributed by atoms with E-state index in [1.807, 2.05) is 31.2 Å². The summed E-state index contributed by atoms with van der Waals surface area (Å²) in [5.74, 6) is 0.726. The van der Waals surface area contributed by atoms with Crippen molar-refractivity contribution < 1.29 is 14.3 Å². The number of carbonyl (C=O) groups is 1. The summed E-state index contributed by atoms with van der Waals surface area (Å²) < 4.78 is 10.1. The van der Waals surface area contributed by atoms with Crippen LogP contribution in [-0.4, -0.2) is 25.5 Å². The lowest BCUT2D eigenvalue weighted by molar-refractivity contribution is 0.152. The summed E-state index contributed by atoms with van der Waals surface area (Å²) in [6.07, 6.45) is 0.944. The van der Waals surface area contributed by atoms with Crippen molar-refractivity contribution in [1.82, 2.24) is 5.43 Å². The molecule has 0 aliphatic rings. The van der Waals surface area contributed by atoms with Crippen LogP contribution in [0.25, 0.3) is 0 Å². The summed E-state index contributed by atoms with van der Waals surface area (Å²) in [5.41, 5.74) is 3.05. The van der Waals surface area contributed by atoms with Gasteiger partial charge in [-0.05, 0) is 26.0 Å². The van der Waals surface area contributed by atoms with Gasteiger partial charge in [-0.15, -0.1) is 0 Å². The fourth-order valence-corrected chi connectivity index (χ4v) is 1.19. The van der Waals surface area contributed by atoms with Gasteiger partial charge < -0.3 is 9.47 Å². The van der Waals surface area contributed by atoms with Crippen LogP contribution < -0.4 is 10.2 Å². The lowest BCUT2D eigenvalue weighted by atomic mass is 10.2. The summed E-state index contributed by atoms with van der Waals surface area (Å²) in [7, 11) is 0. The van der Waals surface area contributed by atoms with Crippen molar-refractivity contribution in [2.45, 2.75) is 13.8 Å². The highest BCUT2D eigenvalue weighted by molar-refractivity contribution is 5.84. The highest BCUT2D eigenvalue weighted by Gasteiger charge is 2.00. The SMILES string of the molecule is CCOC(=O)N/N=C\c1ccccc1OCC. The zero-order chi connectivity index (χ0) is 12.5. The molecule has 1 aromatic rings. The molecule has 0 unspecified atom stereocenters. The summed E-state index contributed by atoms with van der Waals surface area (Å²) in [6, 6.07) is 7.44. The average molecular weight is 236 g/mol. The van der Waals surface area contributed by atoms with Crippen molar-refractivity contribution in [3.63, 3.8) is 0 Å². The highest BCUT2D eigenvalue weighted by Crippen LogP contribution is 2.15. The van der Waals surface area contributed by atoms with Crippen molar-refractivity contribution in [1.29, 1.82) is 0 Å². The summed E-state index contributed by atoms with van der Waals surface area (Å²) in [6.45, 7) is 4.53. The fraction of sp³-hybridized carbons (Fsp3) is 0.333. The van der Waals surface area contributed by atoms with Crippen molar-refractivity contribution in [2.24, 2.45) is 5.10 Å². The Balaban J connectivity index is 2.61. The van der Waals surface area contributed by atoms with E-state index in [1.54, 1.807) is 6.92 Å². The van der Waals surface area contributed by atoms with Gasteiger partial charge in [-0.3, -0.25) is 0 Å². The molecule has 0 spiro atoms. The van der Waals surface area contributed by atoms with Crippen LogP contribution in [0.15, 0.2) is 29.4 Å². The second kappa shape index (κ2) is 7.27. The standard InChI is InChI=1S/C12H16N2O3/c1-3-16-11-8-6-5-7-10(11)9-13-14-12(15)17-4-2/h5-9H,3-4H2,1-2H3,(H,14,15)/b13-9-. The van der Waals surface area contributed by atoms with E-state index in [0.29, 0.717) is 13.2 Å². The first-order valence-corrected chi connectivity index (χ1v) is 5.45. The Kier molecular flexibility index (Phi) is 5.57. The molecule has 0 bridgehead atoms. The Hall–Kier alpha value is -2.04. The van der Waals surface area contributed by atoms with Gasteiger partial charge in [0.15, 0.2) is 0 Å². The molecule has 0 aliphatic heterocycles. The maximum atomic E-state index is 11.0. The Labute approximate surface area is 100 Å². The molecule has 0 fully saturated rings. The summed E-state index contributed by atoms with van der Waals surface area (Å²) >= 11 is 0. The van der Waals surface area contributed by atoms with Gasteiger partial charge in [0.1, 0.15) is 5.75 Å². The summed E-state index contributed by atoms with van der Waals surface area (Å²) in [4.78, 5) is 11.0. The molecule has 0 saturated heterocycles. The maximum Gasteiger partial charge on any atom is 0.427 e. The van der Waals surface area contributed by atoms with Crippen LogP contribution in [0.2, 0.25) is 0 Å². The molecule has 1 N–H and O–H groups in total. The Morgan fingerprint density at radius 3 is 2.82 bits per heavy atom. The molecule has 0 radical (unpaired) electrons. The van der Waals surface area contributed by atoms with E-state index in [1.165, 1.54) is 6.21 Å². The molecule has 1 amide bonds. The number of rotatable bonds is 5. The van der Waals surface area contributed by atoms with E-state index >= 15 is 0 Å². The minimum absolute atomic E-state index is 0.316. The van der Waals surface area contributed by atoms with Crippen LogP contribution in [0, 0.1) is 0 Å². The smallest absolute Gasteiger partial charge is 0.427 e. The van der Waals surface area contributed by atoms with Gasteiger partial charge in [0.25, 0.3) is 0 Å². The second-order valence-corrected chi connectivity index (χ2v) is 3.06. The molecular formula is C12H16N2O3. The van der Waals surface area contributed by atoms with E-state index in [-0.39, 0.29) is 0 Å². The maximum absolute atomic E-state index is 11.0. The second-order valence-electron chi connectivity index (χ2n) is 3.06. The largest absolute Gasteiger partial charge is 0.493 e. The third-order valence-corrected chi connectivity index (χ3v) is 1.85. The normalized spacial score (nSPS) is 10.2. The van der Waals surface area contributed by atoms with Gasteiger partial charge in [0.05, 0.1) is 19.4 Å². The monoisotopic (exact) mass is 236 g/mol. The first kappa shape index (κ1) is 13.0. The van der Waals surface area contributed by atoms with Crippen molar-refractivity contribution >= 4 is 12.3 Å². The molecule has 92 valence electrons. The van der Waals surface area contributed by atoms with Crippen molar-refractivity contribution in [2.75, 3.05) is 13.2 Å². The van der Waals surface area contributed by atoms with E-state index < -0.39 is 6.09 Å². The van der Waals surface area contributed by atoms with Crippen LogP contribution in [0.3, 0.4) is 0 Å². The van der Waals surface area contributed by atoms with E-state index in [4.69, 9.17) is 4.74 Å². The molecule has 17 heavy (non-hydrogen) atoms. The predicted molar refractivity (Wildman–Crippen MR) is 65.4 cm³/mol. The van der Waals surface area contributed by atoms with Gasteiger partial charge >= 0.3 is 6.09 Å². The Bertz CT molecular complexity index is 391. The van der Waals surface area contributed by atoms with Crippen LogP contribution in [0.1, 0.15) is 19.4 Å². The highest BCUT2D eigenvalue weighted by atomic mass is 16.5. The van der Waals surface area contributed by atoms with Crippen molar-refractivity contribution in [3.05, 3.63) is 29.8 Å². The topological polar surface area (TPSA) is 59.9 Å². The number of hydrogen-bond acceptors (Lipinski definition) is 4. The first-order chi connectivity index (χ1) is 8.27. The number of hydrazone groups is 1. The molecule has 1 rings (SSSR count). The van der Waals surface area contributed by atoms with Gasteiger partial charge in [0, 0.05) is 5.56 Å². The van der Waals surface area contributed by atoms with E-state index in [0.717, 1.165) is 11.3 Å². The van der Waals surface area contributed by atoms with Crippen LogP contribution in [0.4, 0.5) is 4.79 Å². The van der Waals surface area contributed by atoms with Gasteiger partial charge in [-0.1, -0.05) is 12.1 Å². The lowest BCUT2D eigenvalue weighted by Gasteiger charge is -2.05. The average Bonchev–Trinajstić information content (AvgIpc) is 2.32. The first-order valence-electron chi connectivity index (χ1n) is 5.45. The molecular weight excluding hydrogens is 220 g/mol. The van der Waals surface area contributed by atoms with E-state index in [9.17, 15) is 4.79 Å². The number of carbonyl (C=O) groups excluding carboxylic acids is 1. The molecule has 0 atom stereocenters. The van der Waals surface area contributed by atoms with Gasteiger partial charge in [-0.2, -0.15) is 5.10 Å². The zero-order valence-electron chi connectivity index (χ0n) is 9.97. The number of nitrogens with zero attached hydrogens (tertiary/aromatic N) is 1. The third-order valence-electron chi connectivity index (χ3n) is 1.85. The zero-order valence-corrected chi connectivity index (χ0v) is 9.97. The van der Waals surface area contributed by atoms with E-state index in [2.05, 4.69) is 15.3 Å². The van der Waals surface area contributed by atoms with Crippen LogP contribution in [0.5, 0.6) is 5.75 Å². The minimum Gasteiger partial charge on any atom is -0.493 e. The summed E-state index contributed by atoms with van der Waals surface area (Å²) in [5, 5.41) is 3.77. The molecule has 0 aromatic heterocycles. The molecule has 0 heterocycles. The fourth-order valence-electron chi connectivity index (χ4n) is 1.19. The molecule has 1 aromatic carbocycles. The lowest BCUT2D eigenvalue weighted by Crippen LogP contribution is -2.18. The number of amides is 1. The molecule has 5 heteroatoms. The Morgan fingerprint density at radius 2 is 2.12 bits per heavy atom. The van der Waals surface area contributed by atoms with Gasteiger partial charge in [0.2, 0.25) is 0 Å². The number of hydrogen-bond donors (Lipinski definition) is 1.